The van der Waals surface area contributed by atoms with Gasteiger partial charge in [-0.2, -0.15) is 0 Å². The van der Waals surface area contributed by atoms with Gasteiger partial charge in [-0.05, 0) is 49.5 Å². The van der Waals surface area contributed by atoms with E-state index in [1.807, 2.05) is 25.1 Å². The summed E-state index contributed by atoms with van der Waals surface area (Å²) < 4.78 is 0. The van der Waals surface area contributed by atoms with E-state index < -0.39 is 5.97 Å². The molecule has 0 radical (unpaired) electrons. The number of benzene rings is 1. The number of aliphatic carboxylic acids is 1. The van der Waals surface area contributed by atoms with Crippen LogP contribution in [0.25, 0.3) is 6.08 Å². The predicted octanol–water partition coefficient (Wildman–Crippen LogP) is 5.90. The second-order valence-corrected chi connectivity index (χ2v) is 8.54. The fourth-order valence-corrected chi connectivity index (χ4v) is 3.84. The first-order chi connectivity index (χ1) is 13.3. The molecule has 4 heteroatoms. The molecule has 1 aliphatic rings. The maximum atomic E-state index is 10.9. The quantitative estimate of drug-likeness (QED) is 0.424. The summed E-state index contributed by atoms with van der Waals surface area (Å²) in [5.41, 5.74) is 0.848. The summed E-state index contributed by atoms with van der Waals surface area (Å²) in [5, 5.41) is 8.95. The Morgan fingerprint density at radius 2 is 1.96 bits per heavy atom. The summed E-state index contributed by atoms with van der Waals surface area (Å²) >= 11 is 0. The zero-order valence-corrected chi connectivity index (χ0v) is 17.5. The molecule has 1 saturated heterocycles. The molecule has 1 aromatic carbocycles. The normalized spacial score (nSPS) is 27.9. The smallest absolute Gasteiger partial charge is 0.306 e. The zero-order valence-electron chi connectivity index (χ0n) is 17.5. The van der Waals surface area contributed by atoms with Crippen LogP contribution in [0.1, 0.15) is 58.9 Å². The van der Waals surface area contributed by atoms with Gasteiger partial charge in [-0.1, -0.05) is 75.4 Å². The van der Waals surface area contributed by atoms with Crippen molar-refractivity contribution in [1.29, 1.82) is 0 Å². The van der Waals surface area contributed by atoms with Gasteiger partial charge < -0.3 is 5.11 Å². The predicted molar refractivity (Wildman–Crippen MR) is 113 cm³/mol. The molecule has 0 amide bonds. The average Bonchev–Trinajstić information content (AvgIpc) is 2.63. The SMILES string of the molecule is C[C@H](C=Cc1ccccc1)CC=C[C@H](C)C[C@]1(C)C[C@H](C)[C@H](CC(=O)O)OO1. The molecule has 0 bridgehead atoms. The Kier molecular flexibility index (Phi) is 8.46. The number of carboxylic acid groups (broad SMARTS) is 1. The molecule has 0 spiro atoms. The fourth-order valence-electron chi connectivity index (χ4n) is 3.84. The van der Waals surface area contributed by atoms with Crippen molar-refractivity contribution in [3.8, 4) is 0 Å². The zero-order chi connectivity index (χ0) is 20.6. The van der Waals surface area contributed by atoms with Crippen LogP contribution in [0.2, 0.25) is 0 Å². The fraction of sp³-hybridized carbons (Fsp3) is 0.542. The first kappa shape index (κ1) is 22.4. The van der Waals surface area contributed by atoms with Crippen molar-refractivity contribution >= 4 is 12.0 Å². The third-order valence-corrected chi connectivity index (χ3v) is 5.28. The van der Waals surface area contributed by atoms with Gasteiger partial charge in [0, 0.05) is 0 Å². The van der Waals surface area contributed by atoms with Crippen LogP contribution in [-0.2, 0) is 14.6 Å². The molecule has 4 nitrogen and oxygen atoms in total. The molecule has 0 saturated carbocycles. The largest absolute Gasteiger partial charge is 0.481 e. The first-order valence-corrected chi connectivity index (χ1v) is 10.2. The van der Waals surface area contributed by atoms with E-state index in [9.17, 15) is 4.79 Å². The molecule has 154 valence electrons. The number of hydrogen-bond donors (Lipinski definition) is 1. The van der Waals surface area contributed by atoms with Crippen LogP contribution < -0.4 is 0 Å². The third-order valence-electron chi connectivity index (χ3n) is 5.28. The van der Waals surface area contributed by atoms with Gasteiger partial charge in [0.25, 0.3) is 0 Å². The minimum absolute atomic E-state index is 0.0128. The lowest BCUT2D eigenvalue weighted by Gasteiger charge is -2.40. The van der Waals surface area contributed by atoms with Crippen molar-refractivity contribution in [1.82, 2.24) is 0 Å². The van der Waals surface area contributed by atoms with E-state index in [0.717, 1.165) is 19.3 Å². The molecule has 0 aromatic heterocycles. The van der Waals surface area contributed by atoms with Gasteiger partial charge in [0.1, 0.15) is 11.7 Å². The van der Waals surface area contributed by atoms with Crippen molar-refractivity contribution in [2.45, 2.75) is 65.1 Å². The second-order valence-electron chi connectivity index (χ2n) is 8.54. The molecule has 0 aliphatic carbocycles. The van der Waals surface area contributed by atoms with E-state index in [-0.39, 0.29) is 24.0 Å². The lowest BCUT2D eigenvalue weighted by molar-refractivity contribution is -0.417. The lowest BCUT2D eigenvalue weighted by atomic mass is 9.82. The summed E-state index contributed by atoms with van der Waals surface area (Å²) in [7, 11) is 0. The van der Waals surface area contributed by atoms with Crippen molar-refractivity contribution in [3.05, 3.63) is 54.1 Å². The van der Waals surface area contributed by atoms with Crippen molar-refractivity contribution in [2.75, 3.05) is 0 Å². The third kappa shape index (κ3) is 7.61. The highest BCUT2D eigenvalue weighted by Crippen LogP contribution is 2.36. The van der Waals surface area contributed by atoms with E-state index in [0.29, 0.717) is 11.8 Å². The van der Waals surface area contributed by atoms with Gasteiger partial charge >= 0.3 is 5.97 Å². The van der Waals surface area contributed by atoms with Crippen LogP contribution in [0.15, 0.2) is 48.6 Å². The van der Waals surface area contributed by atoms with E-state index in [1.54, 1.807) is 0 Å². The number of rotatable bonds is 9. The Bertz CT molecular complexity index is 666. The Hall–Kier alpha value is -1.91. The van der Waals surface area contributed by atoms with Gasteiger partial charge in [-0.25, -0.2) is 9.78 Å². The van der Waals surface area contributed by atoms with Crippen molar-refractivity contribution < 1.29 is 19.7 Å². The summed E-state index contributed by atoms with van der Waals surface area (Å²) in [5.74, 6) is 0.150. The van der Waals surface area contributed by atoms with Crippen molar-refractivity contribution in [2.24, 2.45) is 17.8 Å². The summed E-state index contributed by atoms with van der Waals surface area (Å²) in [6.45, 7) is 8.49. The van der Waals surface area contributed by atoms with E-state index in [1.165, 1.54) is 5.56 Å². The maximum absolute atomic E-state index is 10.9. The number of carbonyl (C=O) groups is 1. The van der Waals surface area contributed by atoms with Crippen LogP contribution >= 0.6 is 0 Å². The first-order valence-electron chi connectivity index (χ1n) is 10.2. The monoisotopic (exact) mass is 386 g/mol. The van der Waals surface area contributed by atoms with Gasteiger partial charge in [0.2, 0.25) is 0 Å². The van der Waals surface area contributed by atoms with Crippen LogP contribution in [0, 0.1) is 17.8 Å². The molecule has 1 aromatic rings. The molecular formula is C24H34O4. The second kappa shape index (κ2) is 10.6. The van der Waals surface area contributed by atoms with Gasteiger partial charge in [-0.3, -0.25) is 4.79 Å². The minimum atomic E-state index is -0.851. The van der Waals surface area contributed by atoms with Crippen LogP contribution in [-0.4, -0.2) is 22.8 Å². The molecule has 1 heterocycles. The highest BCUT2D eigenvalue weighted by molar-refractivity contribution is 5.67. The average molecular weight is 387 g/mol. The maximum Gasteiger partial charge on any atom is 0.306 e. The molecule has 1 fully saturated rings. The minimum Gasteiger partial charge on any atom is -0.481 e. The van der Waals surface area contributed by atoms with Crippen LogP contribution in [0.5, 0.6) is 0 Å². The van der Waals surface area contributed by atoms with E-state index in [2.05, 4.69) is 57.2 Å². The number of carboxylic acids is 1. The Morgan fingerprint density at radius 3 is 2.61 bits per heavy atom. The molecular weight excluding hydrogens is 352 g/mol. The lowest BCUT2D eigenvalue weighted by Crippen LogP contribution is -2.44. The van der Waals surface area contributed by atoms with Crippen LogP contribution in [0.3, 0.4) is 0 Å². The topological polar surface area (TPSA) is 55.8 Å². The molecule has 2 rings (SSSR count). The standard InChI is InChI=1S/C24H34O4/c1-18(13-14-21-11-6-5-7-12-21)9-8-10-19(2)16-24(4)17-20(3)22(27-28-24)15-23(25)26/h5-8,10-14,18-20,22H,9,15-17H2,1-4H3,(H,25,26)/t18-,19-,20-,22-,24+/m0/s1. The molecule has 1 aliphatic heterocycles. The Morgan fingerprint density at radius 1 is 1.25 bits per heavy atom. The van der Waals surface area contributed by atoms with Gasteiger partial charge in [0.15, 0.2) is 0 Å². The van der Waals surface area contributed by atoms with Gasteiger partial charge in [-0.15, -0.1) is 0 Å². The Labute approximate surface area is 169 Å². The number of hydrogen-bond acceptors (Lipinski definition) is 3. The highest BCUT2D eigenvalue weighted by atomic mass is 17.2. The highest BCUT2D eigenvalue weighted by Gasteiger charge is 2.39. The van der Waals surface area contributed by atoms with E-state index >= 15 is 0 Å². The van der Waals surface area contributed by atoms with Crippen molar-refractivity contribution in [3.63, 3.8) is 0 Å². The van der Waals surface area contributed by atoms with E-state index in [4.69, 9.17) is 14.9 Å². The molecule has 28 heavy (non-hydrogen) atoms. The van der Waals surface area contributed by atoms with Crippen LogP contribution in [0.4, 0.5) is 0 Å². The Balaban J connectivity index is 1.77. The van der Waals surface area contributed by atoms with Gasteiger partial charge in [0.05, 0.1) is 6.42 Å². The summed E-state index contributed by atoms with van der Waals surface area (Å²) in [6, 6.07) is 10.3. The number of allylic oxidation sites excluding steroid dienone is 3. The summed E-state index contributed by atoms with van der Waals surface area (Å²) in [6.07, 6.45) is 11.2. The summed E-state index contributed by atoms with van der Waals surface area (Å²) in [4.78, 5) is 21.9. The molecule has 1 N–H and O–H groups in total. The molecule has 5 atom stereocenters. The molecule has 0 unspecified atom stereocenters.